The van der Waals surface area contributed by atoms with Crippen LogP contribution in [0.4, 0.5) is 14.5 Å². The first-order chi connectivity index (χ1) is 15.7. The number of alkyl halides is 2. The summed E-state index contributed by atoms with van der Waals surface area (Å²) in [5.74, 6) is -0.105. The van der Waals surface area contributed by atoms with Crippen molar-refractivity contribution in [3.63, 3.8) is 0 Å². The Labute approximate surface area is 190 Å². The third kappa shape index (κ3) is 3.83. The summed E-state index contributed by atoms with van der Waals surface area (Å²) in [5.41, 5.74) is 5.41. The minimum absolute atomic E-state index is 0.0593. The topological polar surface area (TPSA) is 56.6 Å². The van der Waals surface area contributed by atoms with Crippen molar-refractivity contribution < 1.29 is 23.0 Å². The van der Waals surface area contributed by atoms with Gasteiger partial charge in [0.2, 0.25) is 0 Å². The van der Waals surface area contributed by atoms with Crippen molar-refractivity contribution in [1.82, 2.24) is 9.78 Å². The average molecular weight is 453 g/mol. The average Bonchev–Trinajstić information content (AvgIpc) is 3.34. The molecule has 0 bridgehead atoms. The van der Waals surface area contributed by atoms with Crippen LogP contribution in [-0.4, -0.2) is 29.0 Å². The molecule has 172 valence electrons. The second kappa shape index (κ2) is 7.86. The van der Waals surface area contributed by atoms with Crippen molar-refractivity contribution in [3.05, 3.63) is 65.0 Å². The molecule has 0 fully saturated rings. The lowest BCUT2D eigenvalue weighted by molar-refractivity contribution is -0.286. The summed E-state index contributed by atoms with van der Waals surface area (Å²) < 4.78 is 37.6. The van der Waals surface area contributed by atoms with Crippen molar-refractivity contribution in [2.24, 2.45) is 0 Å². The van der Waals surface area contributed by atoms with Gasteiger partial charge in [-0.2, -0.15) is 5.10 Å². The summed E-state index contributed by atoms with van der Waals surface area (Å²) in [4.78, 5) is 14.6. The van der Waals surface area contributed by atoms with Crippen LogP contribution in [0.1, 0.15) is 59.9 Å². The zero-order valence-corrected chi connectivity index (χ0v) is 18.8. The molecule has 1 aliphatic carbocycles. The molecule has 0 atom stereocenters. The van der Waals surface area contributed by atoms with E-state index >= 15 is 0 Å². The van der Waals surface area contributed by atoms with Crippen LogP contribution in [0.25, 0.3) is 5.69 Å². The lowest BCUT2D eigenvalue weighted by Gasteiger charge is -2.19. The number of amides is 1. The van der Waals surface area contributed by atoms with Gasteiger partial charge in [-0.25, -0.2) is 4.68 Å². The van der Waals surface area contributed by atoms with Gasteiger partial charge in [0.25, 0.3) is 5.91 Å². The van der Waals surface area contributed by atoms with Crippen molar-refractivity contribution in [3.8, 4) is 17.2 Å². The molecular weight excluding hydrogens is 428 g/mol. The van der Waals surface area contributed by atoms with Crippen molar-refractivity contribution in [2.45, 2.75) is 51.7 Å². The van der Waals surface area contributed by atoms with E-state index in [4.69, 9.17) is 5.10 Å². The predicted octanol–water partition coefficient (Wildman–Crippen LogP) is 5.47. The molecule has 0 N–H and O–H groups in total. The Kier molecular flexibility index (Phi) is 5.11. The molecule has 2 heterocycles. The first-order valence-electron chi connectivity index (χ1n) is 11.1. The first kappa shape index (κ1) is 21.4. The molecule has 0 radical (unpaired) electrons. The van der Waals surface area contributed by atoms with E-state index in [1.165, 1.54) is 34.7 Å². The lowest BCUT2D eigenvalue weighted by atomic mass is 9.92. The second-order valence-electron chi connectivity index (χ2n) is 8.80. The monoisotopic (exact) mass is 453 g/mol. The molecule has 0 unspecified atom stereocenters. The third-order valence-electron chi connectivity index (χ3n) is 6.17. The standard InChI is InChI=1S/C25H25F2N3O3/c1-15(2)23-19-9-4-5-10-20(19)30(28-23)18-8-6-7-16(13-18)24(31)29(3)17-11-12-21-22(14-17)33-25(26,27)32-21/h6-8,11-15H,4-5,9-10H2,1-3H3. The highest BCUT2D eigenvalue weighted by atomic mass is 19.3. The number of benzene rings is 2. The summed E-state index contributed by atoms with van der Waals surface area (Å²) in [6.07, 6.45) is 0.599. The van der Waals surface area contributed by atoms with Crippen LogP contribution in [0.2, 0.25) is 0 Å². The molecule has 33 heavy (non-hydrogen) atoms. The normalized spacial score (nSPS) is 16.1. The Morgan fingerprint density at radius 1 is 1.09 bits per heavy atom. The largest absolute Gasteiger partial charge is 0.586 e. The molecule has 1 aliphatic heterocycles. The van der Waals surface area contributed by atoms with Gasteiger partial charge in [0.1, 0.15) is 0 Å². The van der Waals surface area contributed by atoms with Crippen LogP contribution in [0, 0.1) is 0 Å². The second-order valence-corrected chi connectivity index (χ2v) is 8.80. The molecule has 5 rings (SSSR count). The van der Waals surface area contributed by atoms with Crippen LogP contribution in [-0.2, 0) is 12.8 Å². The SMILES string of the molecule is CC(C)c1nn(-c2cccc(C(=O)N(C)c3ccc4c(c3)OC(F)(F)O4)c2)c2c1CCCC2. The van der Waals surface area contributed by atoms with E-state index in [1.54, 1.807) is 19.2 Å². The van der Waals surface area contributed by atoms with E-state index in [0.29, 0.717) is 17.2 Å². The Balaban J connectivity index is 1.45. The maximum absolute atomic E-state index is 13.3. The number of fused-ring (bicyclic) bond motifs is 2. The molecule has 2 aliphatic rings. The minimum atomic E-state index is -3.70. The van der Waals surface area contributed by atoms with Crippen LogP contribution < -0.4 is 14.4 Å². The molecule has 2 aromatic carbocycles. The van der Waals surface area contributed by atoms with Gasteiger partial charge >= 0.3 is 6.29 Å². The smallest absolute Gasteiger partial charge is 0.395 e. The van der Waals surface area contributed by atoms with E-state index < -0.39 is 6.29 Å². The number of ether oxygens (including phenoxy) is 2. The fourth-order valence-electron chi connectivity index (χ4n) is 4.53. The van der Waals surface area contributed by atoms with Crippen molar-refractivity contribution >= 4 is 11.6 Å². The van der Waals surface area contributed by atoms with Gasteiger partial charge in [0, 0.05) is 30.1 Å². The molecule has 6 nitrogen and oxygen atoms in total. The van der Waals surface area contributed by atoms with E-state index in [1.807, 2.05) is 22.9 Å². The molecule has 0 saturated heterocycles. The van der Waals surface area contributed by atoms with Gasteiger partial charge in [-0.05, 0) is 67.5 Å². The summed E-state index contributed by atoms with van der Waals surface area (Å²) >= 11 is 0. The Bertz CT molecular complexity index is 1240. The van der Waals surface area contributed by atoms with Gasteiger partial charge in [0.05, 0.1) is 11.4 Å². The molecule has 0 spiro atoms. The predicted molar refractivity (Wildman–Crippen MR) is 120 cm³/mol. The molecule has 1 aromatic heterocycles. The van der Waals surface area contributed by atoms with E-state index in [2.05, 4.69) is 23.3 Å². The van der Waals surface area contributed by atoms with Crippen molar-refractivity contribution in [2.75, 3.05) is 11.9 Å². The van der Waals surface area contributed by atoms with E-state index in [-0.39, 0.29) is 17.4 Å². The highest BCUT2D eigenvalue weighted by molar-refractivity contribution is 6.06. The fraction of sp³-hybridized carbons (Fsp3) is 0.360. The fourth-order valence-corrected chi connectivity index (χ4v) is 4.53. The van der Waals surface area contributed by atoms with Crippen molar-refractivity contribution in [1.29, 1.82) is 0 Å². The number of carbonyl (C=O) groups excluding carboxylic acids is 1. The highest BCUT2D eigenvalue weighted by Gasteiger charge is 2.43. The Hall–Kier alpha value is -3.42. The van der Waals surface area contributed by atoms with E-state index in [9.17, 15) is 13.6 Å². The molecular formula is C25H25F2N3O3. The quantitative estimate of drug-likeness (QED) is 0.526. The third-order valence-corrected chi connectivity index (χ3v) is 6.17. The first-order valence-corrected chi connectivity index (χ1v) is 11.1. The summed E-state index contributed by atoms with van der Waals surface area (Å²) in [6, 6.07) is 11.6. The van der Waals surface area contributed by atoms with Crippen LogP contribution in [0.5, 0.6) is 11.5 Å². The van der Waals surface area contributed by atoms with Gasteiger partial charge in [0.15, 0.2) is 11.5 Å². The maximum atomic E-state index is 13.3. The number of hydrogen-bond acceptors (Lipinski definition) is 4. The van der Waals surface area contributed by atoms with Crippen LogP contribution >= 0.6 is 0 Å². The van der Waals surface area contributed by atoms with Gasteiger partial charge < -0.3 is 14.4 Å². The van der Waals surface area contributed by atoms with Gasteiger partial charge in [-0.3, -0.25) is 4.79 Å². The Morgan fingerprint density at radius 2 is 1.85 bits per heavy atom. The zero-order chi connectivity index (χ0) is 23.3. The summed E-state index contributed by atoms with van der Waals surface area (Å²) in [7, 11) is 1.59. The van der Waals surface area contributed by atoms with Crippen LogP contribution in [0.15, 0.2) is 42.5 Å². The summed E-state index contributed by atoms with van der Waals surface area (Å²) in [6.45, 7) is 4.30. The number of hydrogen-bond donors (Lipinski definition) is 0. The maximum Gasteiger partial charge on any atom is 0.586 e. The lowest BCUT2D eigenvalue weighted by Crippen LogP contribution is -2.26. The number of rotatable bonds is 4. The van der Waals surface area contributed by atoms with Gasteiger partial charge in [-0.15, -0.1) is 8.78 Å². The zero-order valence-electron chi connectivity index (χ0n) is 18.8. The molecule has 8 heteroatoms. The highest BCUT2D eigenvalue weighted by Crippen LogP contribution is 2.43. The molecule has 0 saturated carbocycles. The number of anilines is 1. The van der Waals surface area contributed by atoms with E-state index in [0.717, 1.165) is 30.6 Å². The minimum Gasteiger partial charge on any atom is -0.395 e. The number of carbonyl (C=O) groups is 1. The molecule has 1 amide bonds. The number of nitrogens with zero attached hydrogens (tertiary/aromatic N) is 3. The molecule has 3 aromatic rings. The number of halogens is 2. The Morgan fingerprint density at radius 3 is 2.64 bits per heavy atom. The van der Waals surface area contributed by atoms with Crippen LogP contribution in [0.3, 0.4) is 0 Å². The van der Waals surface area contributed by atoms with Gasteiger partial charge in [-0.1, -0.05) is 19.9 Å². The summed E-state index contributed by atoms with van der Waals surface area (Å²) in [5, 5.41) is 4.91. The number of aromatic nitrogens is 2.